The van der Waals surface area contributed by atoms with Gasteiger partial charge in [-0.1, -0.05) is 0 Å². The van der Waals surface area contributed by atoms with Gasteiger partial charge in [0, 0.05) is 18.6 Å². The van der Waals surface area contributed by atoms with E-state index in [4.69, 9.17) is 5.73 Å². The fourth-order valence-electron chi connectivity index (χ4n) is 1.91. The van der Waals surface area contributed by atoms with Crippen LogP contribution in [0.3, 0.4) is 0 Å². The molecule has 0 spiro atoms. The number of nitrogens with one attached hydrogen (secondary N) is 1. The first-order valence-electron chi connectivity index (χ1n) is 4.46. The summed E-state index contributed by atoms with van der Waals surface area (Å²) in [6.07, 6.45) is 1.91. The molecule has 2 aliphatic heterocycles. The standard InChI is InChI=1S/C8H16N2OS/c9-7(1-3-12-4-2-7)8(11)5-10-6-8/h10-11H,1-6,9H2. The van der Waals surface area contributed by atoms with E-state index in [0.29, 0.717) is 13.1 Å². The monoisotopic (exact) mass is 188 g/mol. The van der Waals surface area contributed by atoms with E-state index in [0.717, 1.165) is 24.3 Å². The second-order valence-corrected chi connectivity index (χ2v) is 5.13. The third-order valence-corrected chi connectivity index (χ3v) is 4.13. The van der Waals surface area contributed by atoms with Gasteiger partial charge in [0.1, 0.15) is 5.60 Å². The smallest absolute Gasteiger partial charge is 0.107 e. The molecule has 0 bridgehead atoms. The van der Waals surface area contributed by atoms with Crippen molar-refractivity contribution in [3.63, 3.8) is 0 Å². The second kappa shape index (κ2) is 2.87. The van der Waals surface area contributed by atoms with Gasteiger partial charge in [-0.25, -0.2) is 0 Å². The summed E-state index contributed by atoms with van der Waals surface area (Å²) in [4.78, 5) is 0. The maximum absolute atomic E-state index is 10.1. The minimum absolute atomic E-state index is 0.316. The highest BCUT2D eigenvalue weighted by Crippen LogP contribution is 2.35. The van der Waals surface area contributed by atoms with Crippen LogP contribution in [0, 0.1) is 0 Å². The van der Waals surface area contributed by atoms with Crippen molar-refractivity contribution < 1.29 is 5.11 Å². The van der Waals surface area contributed by atoms with Crippen LogP contribution >= 0.6 is 11.8 Å². The molecule has 2 rings (SSSR count). The molecular formula is C8H16N2OS. The lowest BCUT2D eigenvalue weighted by Gasteiger charge is -2.52. The number of aliphatic hydroxyl groups is 1. The molecule has 2 heterocycles. The lowest BCUT2D eigenvalue weighted by atomic mass is 9.72. The van der Waals surface area contributed by atoms with Crippen LogP contribution in [-0.2, 0) is 0 Å². The number of rotatable bonds is 1. The largest absolute Gasteiger partial charge is 0.385 e. The van der Waals surface area contributed by atoms with Gasteiger partial charge in [-0.2, -0.15) is 11.8 Å². The van der Waals surface area contributed by atoms with E-state index < -0.39 is 5.60 Å². The molecule has 12 heavy (non-hydrogen) atoms. The Morgan fingerprint density at radius 2 is 1.83 bits per heavy atom. The van der Waals surface area contributed by atoms with Crippen molar-refractivity contribution in [2.75, 3.05) is 24.6 Å². The van der Waals surface area contributed by atoms with Gasteiger partial charge in [0.15, 0.2) is 0 Å². The Balaban J connectivity index is 2.07. The Morgan fingerprint density at radius 1 is 1.25 bits per heavy atom. The van der Waals surface area contributed by atoms with E-state index in [9.17, 15) is 5.11 Å². The van der Waals surface area contributed by atoms with Gasteiger partial charge in [0.05, 0.1) is 0 Å². The van der Waals surface area contributed by atoms with Crippen molar-refractivity contribution in [1.82, 2.24) is 5.32 Å². The van der Waals surface area contributed by atoms with Crippen LogP contribution < -0.4 is 11.1 Å². The van der Waals surface area contributed by atoms with E-state index >= 15 is 0 Å². The first-order valence-corrected chi connectivity index (χ1v) is 5.62. The molecule has 0 aliphatic carbocycles. The minimum atomic E-state index is -0.617. The van der Waals surface area contributed by atoms with E-state index in [-0.39, 0.29) is 5.54 Å². The number of nitrogens with two attached hydrogens (primary N) is 1. The van der Waals surface area contributed by atoms with E-state index in [1.165, 1.54) is 0 Å². The minimum Gasteiger partial charge on any atom is -0.385 e. The van der Waals surface area contributed by atoms with Gasteiger partial charge in [-0.3, -0.25) is 0 Å². The molecule has 4 N–H and O–H groups in total. The van der Waals surface area contributed by atoms with E-state index in [1.54, 1.807) is 0 Å². The molecule has 70 valence electrons. The highest BCUT2D eigenvalue weighted by molar-refractivity contribution is 7.99. The van der Waals surface area contributed by atoms with Crippen molar-refractivity contribution >= 4 is 11.8 Å². The summed E-state index contributed by atoms with van der Waals surface area (Å²) >= 11 is 1.94. The zero-order chi connectivity index (χ0) is 8.66. The Labute approximate surface area is 77.1 Å². The topological polar surface area (TPSA) is 58.3 Å². The number of hydrogen-bond donors (Lipinski definition) is 3. The van der Waals surface area contributed by atoms with Gasteiger partial charge < -0.3 is 16.2 Å². The van der Waals surface area contributed by atoms with Crippen LogP contribution in [0.5, 0.6) is 0 Å². The Bertz CT molecular complexity index is 176. The molecule has 2 fully saturated rings. The molecule has 0 unspecified atom stereocenters. The first kappa shape index (κ1) is 8.81. The summed E-state index contributed by atoms with van der Waals surface area (Å²) in [6, 6.07) is 0. The lowest BCUT2D eigenvalue weighted by Crippen LogP contribution is -2.76. The Kier molecular flexibility index (Phi) is 2.11. The third kappa shape index (κ3) is 1.18. The van der Waals surface area contributed by atoms with Crippen LogP contribution in [0.4, 0.5) is 0 Å². The zero-order valence-electron chi connectivity index (χ0n) is 7.18. The summed E-state index contributed by atoms with van der Waals surface area (Å²) in [6.45, 7) is 1.35. The molecule has 0 radical (unpaired) electrons. The van der Waals surface area contributed by atoms with Crippen molar-refractivity contribution in [3.8, 4) is 0 Å². The van der Waals surface area contributed by atoms with Gasteiger partial charge in [-0.15, -0.1) is 0 Å². The molecule has 0 atom stereocenters. The van der Waals surface area contributed by atoms with Crippen LogP contribution in [0.2, 0.25) is 0 Å². The lowest BCUT2D eigenvalue weighted by molar-refractivity contribution is -0.0795. The normalized spacial score (nSPS) is 32.5. The second-order valence-electron chi connectivity index (χ2n) is 3.90. The molecular weight excluding hydrogens is 172 g/mol. The molecule has 0 saturated carbocycles. The van der Waals surface area contributed by atoms with Crippen molar-refractivity contribution in [2.45, 2.75) is 24.0 Å². The Hall–Kier alpha value is 0.230. The van der Waals surface area contributed by atoms with Crippen LogP contribution in [-0.4, -0.2) is 40.8 Å². The molecule has 3 nitrogen and oxygen atoms in total. The van der Waals surface area contributed by atoms with E-state index in [2.05, 4.69) is 5.32 Å². The summed E-state index contributed by atoms with van der Waals surface area (Å²) < 4.78 is 0. The van der Waals surface area contributed by atoms with Crippen molar-refractivity contribution in [2.24, 2.45) is 5.73 Å². The third-order valence-electron chi connectivity index (χ3n) is 3.15. The van der Waals surface area contributed by atoms with Crippen LogP contribution in [0.1, 0.15) is 12.8 Å². The average molecular weight is 188 g/mol. The van der Waals surface area contributed by atoms with Crippen LogP contribution in [0.15, 0.2) is 0 Å². The van der Waals surface area contributed by atoms with Gasteiger partial charge in [0.25, 0.3) is 0 Å². The molecule has 4 heteroatoms. The summed E-state index contributed by atoms with van der Waals surface area (Å²) in [5.74, 6) is 2.19. The highest BCUT2D eigenvalue weighted by Gasteiger charge is 2.51. The molecule has 2 saturated heterocycles. The molecule has 2 aliphatic rings. The average Bonchev–Trinajstić information content (AvgIpc) is 2.01. The van der Waals surface area contributed by atoms with Gasteiger partial charge in [0.2, 0.25) is 0 Å². The molecule has 0 amide bonds. The first-order chi connectivity index (χ1) is 5.66. The van der Waals surface area contributed by atoms with Gasteiger partial charge >= 0.3 is 0 Å². The van der Waals surface area contributed by atoms with Gasteiger partial charge in [-0.05, 0) is 24.3 Å². The predicted octanol–water partition coefficient (Wildman–Crippen LogP) is -0.455. The predicted molar refractivity (Wildman–Crippen MR) is 51.3 cm³/mol. The fourth-order valence-corrected chi connectivity index (χ4v) is 3.14. The summed E-state index contributed by atoms with van der Waals surface area (Å²) in [7, 11) is 0. The maximum atomic E-state index is 10.1. The fraction of sp³-hybridized carbons (Fsp3) is 1.00. The number of β-amino-alcohol motifs (C(OH)–C–C–N with tert-alkyl or cyclic N) is 1. The zero-order valence-corrected chi connectivity index (χ0v) is 7.99. The Morgan fingerprint density at radius 3 is 2.25 bits per heavy atom. The quantitative estimate of drug-likeness (QED) is 0.521. The van der Waals surface area contributed by atoms with E-state index in [1.807, 2.05) is 11.8 Å². The molecule has 0 aromatic rings. The molecule has 0 aromatic carbocycles. The SMILES string of the molecule is NC1(C2(O)CNC2)CCSCC1. The van der Waals surface area contributed by atoms with Crippen LogP contribution in [0.25, 0.3) is 0 Å². The maximum Gasteiger partial charge on any atom is 0.107 e. The molecule has 0 aromatic heterocycles. The number of hydrogen-bond acceptors (Lipinski definition) is 4. The van der Waals surface area contributed by atoms with Crippen molar-refractivity contribution in [3.05, 3.63) is 0 Å². The summed E-state index contributed by atoms with van der Waals surface area (Å²) in [5, 5.41) is 13.2. The highest BCUT2D eigenvalue weighted by atomic mass is 32.2. The van der Waals surface area contributed by atoms with Crippen molar-refractivity contribution in [1.29, 1.82) is 0 Å². The summed E-state index contributed by atoms with van der Waals surface area (Å²) in [5.41, 5.74) is 5.26. The number of thioether (sulfide) groups is 1.